The van der Waals surface area contributed by atoms with Crippen molar-refractivity contribution >= 4 is 56.8 Å². The number of hydrogen-bond donors (Lipinski definition) is 1. The Balaban J connectivity index is 1.97. The third-order valence-corrected chi connectivity index (χ3v) is 4.43. The molecule has 0 saturated carbocycles. The number of carbonyl (C=O) groups excluding carboxylic acids is 2. The number of thiocarbonyl (C=S) groups is 1. The lowest BCUT2D eigenvalue weighted by Gasteiger charge is -2.29. The molecule has 1 N–H and O–H groups in total. The highest BCUT2D eigenvalue weighted by Crippen LogP contribution is 2.24. The Bertz CT molecular complexity index is 876. The van der Waals surface area contributed by atoms with Crippen molar-refractivity contribution in [2.45, 2.75) is 0 Å². The third-order valence-electron chi connectivity index (χ3n) is 3.61. The zero-order chi connectivity index (χ0) is 18.0. The van der Waals surface area contributed by atoms with Crippen LogP contribution in [0.5, 0.6) is 5.75 Å². The number of nitrogens with zero attached hydrogens (tertiary/aromatic N) is 1. The summed E-state index contributed by atoms with van der Waals surface area (Å²) in [4.78, 5) is 26.4. The number of hydrogen-bond acceptors (Lipinski definition) is 4. The fraction of sp³-hybridized carbons (Fsp3) is 0.0556. The minimum atomic E-state index is -0.515. The van der Waals surface area contributed by atoms with Crippen molar-refractivity contribution < 1.29 is 14.3 Å². The Hall–Kier alpha value is -2.51. The lowest BCUT2D eigenvalue weighted by Crippen LogP contribution is -2.54. The van der Waals surface area contributed by atoms with E-state index in [0.717, 1.165) is 4.47 Å². The molecular weight excluding hydrogens is 404 g/mol. The molecule has 0 aromatic heterocycles. The molecule has 5 nitrogen and oxygen atoms in total. The van der Waals surface area contributed by atoms with E-state index in [1.807, 2.05) is 0 Å². The Labute approximate surface area is 158 Å². The Kier molecular flexibility index (Phi) is 4.96. The largest absolute Gasteiger partial charge is 0.497 e. The van der Waals surface area contributed by atoms with Gasteiger partial charge in [-0.15, -0.1) is 0 Å². The van der Waals surface area contributed by atoms with Gasteiger partial charge in [-0.2, -0.15) is 0 Å². The molecule has 0 aliphatic carbocycles. The molecule has 25 heavy (non-hydrogen) atoms. The maximum absolute atomic E-state index is 12.8. The quantitative estimate of drug-likeness (QED) is 0.473. The fourth-order valence-corrected chi connectivity index (χ4v) is 2.89. The summed E-state index contributed by atoms with van der Waals surface area (Å²) in [5.74, 6) is -0.287. The van der Waals surface area contributed by atoms with Crippen molar-refractivity contribution in [3.8, 4) is 5.75 Å². The molecule has 0 unspecified atom stereocenters. The van der Waals surface area contributed by atoms with Crippen molar-refractivity contribution in [2.24, 2.45) is 0 Å². The van der Waals surface area contributed by atoms with Crippen LogP contribution in [-0.2, 0) is 9.59 Å². The first kappa shape index (κ1) is 17.3. The van der Waals surface area contributed by atoms with Gasteiger partial charge in [0.1, 0.15) is 11.3 Å². The summed E-state index contributed by atoms with van der Waals surface area (Å²) in [6, 6.07) is 14.1. The van der Waals surface area contributed by atoms with Crippen LogP contribution in [-0.4, -0.2) is 24.0 Å². The lowest BCUT2D eigenvalue weighted by atomic mass is 10.1. The first-order valence-electron chi connectivity index (χ1n) is 7.30. The monoisotopic (exact) mass is 416 g/mol. The van der Waals surface area contributed by atoms with E-state index in [-0.39, 0.29) is 10.7 Å². The molecule has 3 rings (SSSR count). The maximum atomic E-state index is 12.8. The molecule has 7 heteroatoms. The zero-order valence-corrected chi connectivity index (χ0v) is 15.6. The summed E-state index contributed by atoms with van der Waals surface area (Å²) in [6.07, 6.45) is 1.53. The molecular formula is C18H13BrN2O3S. The van der Waals surface area contributed by atoms with Gasteiger partial charge in [0.15, 0.2) is 5.11 Å². The number of anilines is 1. The number of nitrogens with one attached hydrogen (secondary N) is 1. The predicted octanol–water partition coefficient (Wildman–Crippen LogP) is 3.29. The molecule has 1 fully saturated rings. The Morgan fingerprint density at radius 1 is 1.08 bits per heavy atom. The van der Waals surface area contributed by atoms with E-state index < -0.39 is 11.8 Å². The van der Waals surface area contributed by atoms with Crippen molar-refractivity contribution in [2.75, 3.05) is 12.0 Å². The first-order valence-corrected chi connectivity index (χ1v) is 8.51. The standard InChI is InChI=1S/C18H13BrN2O3S/c1-24-14-8-2-11(3-9-14)10-15-16(22)20-18(25)21(17(15)23)13-6-4-12(19)5-7-13/h2-10H,1H3,(H,20,22,25)/b15-10-. The predicted molar refractivity (Wildman–Crippen MR) is 103 cm³/mol. The topological polar surface area (TPSA) is 58.6 Å². The van der Waals surface area contributed by atoms with Crippen molar-refractivity contribution in [1.29, 1.82) is 0 Å². The van der Waals surface area contributed by atoms with Gasteiger partial charge in [0.25, 0.3) is 11.8 Å². The molecule has 2 aromatic carbocycles. The third kappa shape index (κ3) is 3.62. The molecule has 0 radical (unpaired) electrons. The van der Waals surface area contributed by atoms with Crippen molar-refractivity contribution in [3.05, 3.63) is 64.1 Å². The van der Waals surface area contributed by atoms with Gasteiger partial charge >= 0.3 is 0 Å². The van der Waals surface area contributed by atoms with Crippen LogP contribution in [0.1, 0.15) is 5.56 Å². The van der Waals surface area contributed by atoms with Crippen molar-refractivity contribution in [1.82, 2.24) is 5.32 Å². The van der Waals surface area contributed by atoms with Gasteiger partial charge < -0.3 is 4.74 Å². The number of benzene rings is 2. The molecule has 0 bridgehead atoms. The van der Waals surface area contributed by atoms with Crippen LogP contribution in [0.3, 0.4) is 0 Å². The second-order valence-electron chi connectivity index (χ2n) is 5.21. The fourth-order valence-electron chi connectivity index (χ4n) is 2.35. The molecule has 2 aromatic rings. The average molecular weight is 417 g/mol. The molecule has 0 atom stereocenters. The van der Waals surface area contributed by atoms with Crippen LogP contribution in [0.15, 0.2) is 58.6 Å². The van der Waals surface area contributed by atoms with E-state index in [4.69, 9.17) is 17.0 Å². The summed E-state index contributed by atoms with van der Waals surface area (Å²) in [5, 5.41) is 2.62. The van der Waals surface area contributed by atoms with E-state index in [2.05, 4.69) is 21.2 Å². The van der Waals surface area contributed by atoms with Gasteiger partial charge in [-0.3, -0.25) is 19.8 Å². The molecule has 1 saturated heterocycles. The van der Waals surface area contributed by atoms with Crippen LogP contribution < -0.4 is 15.0 Å². The van der Waals surface area contributed by atoms with Gasteiger partial charge in [-0.25, -0.2) is 0 Å². The highest BCUT2D eigenvalue weighted by molar-refractivity contribution is 9.10. The second-order valence-corrected chi connectivity index (χ2v) is 6.51. The number of carbonyl (C=O) groups is 2. The summed E-state index contributed by atoms with van der Waals surface area (Å²) in [6.45, 7) is 0. The highest BCUT2D eigenvalue weighted by Gasteiger charge is 2.34. The van der Waals surface area contributed by atoms with E-state index in [9.17, 15) is 9.59 Å². The number of methoxy groups -OCH3 is 1. The van der Waals surface area contributed by atoms with E-state index in [1.54, 1.807) is 55.6 Å². The van der Waals surface area contributed by atoms with Crippen LogP contribution in [0.4, 0.5) is 5.69 Å². The molecule has 1 aliphatic heterocycles. The zero-order valence-electron chi connectivity index (χ0n) is 13.2. The number of rotatable bonds is 3. The van der Waals surface area contributed by atoms with E-state index in [1.165, 1.54) is 11.0 Å². The normalized spacial score (nSPS) is 16.2. The molecule has 1 heterocycles. The molecule has 126 valence electrons. The maximum Gasteiger partial charge on any atom is 0.270 e. The van der Waals surface area contributed by atoms with Gasteiger partial charge in [-0.05, 0) is 60.3 Å². The van der Waals surface area contributed by atoms with E-state index >= 15 is 0 Å². The first-order chi connectivity index (χ1) is 12.0. The van der Waals surface area contributed by atoms with Crippen LogP contribution in [0.25, 0.3) is 6.08 Å². The molecule has 2 amide bonds. The number of ether oxygens (including phenoxy) is 1. The Morgan fingerprint density at radius 3 is 2.32 bits per heavy atom. The summed E-state index contributed by atoms with van der Waals surface area (Å²) in [7, 11) is 1.57. The molecule has 0 spiro atoms. The average Bonchev–Trinajstić information content (AvgIpc) is 2.60. The SMILES string of the molecule is COc1ccc(/C=C2/C(=O)NC(=S)N(c3ccc(Br)cc3)C2=O)cc1. The summed E-state index contributed by atoms with van der Waals surface area (Å²) < 4.78 is 5.98. The minimum absolute atomic E-state index is 0.0154. The highest BCUT2D eigenvalue weighted by atomic mass is 79.9. The van der Waals surface area contributed by atoms with Gasteiger partial charge in [0, 0.05) is 4.47 Å². The number of amides is 2. The lowest BCUT2D eigenvalue weighted by molar-refractivity contribution is -0.122. The van der Waals surface area contributed by atoms with Gasteiger partial charge in [0.05, 0.1) is 12.8 Å². The molecule has 1 aliphatic rings. The minimum Gasteiger partial charge on any atom is -0.497 e. The summed E-state index contributed by atoms with van der Waals surface area (Å²) in [5.41, 5.74) is 1.31. The van der Waals surface area contributed by atoms with Crippen LogP contribution in [0.2, 0.25) is 0 Å². The van der Waals surface area contributed by atoms with Crippen molar-refractivity contribution in [3.63, 3.8) is 0 Å². The Morgan fingerprint density at radius 2 is 1.72 bits per heavy atom. The smallest absolute Gasteiger partial charge is 0.270 e. The van der Waals surface area contributed by atoms with E-state index in [0.29, 0.717) is 17.0 Å². The van der Waals surface area contributed by atoms with Gasteiger partial charge in [0.2, 0.25) is 0 Å². The second kappa shape index (κ2) is 7.16. The van der Waals surface area contributed by atoms with Gasteiger partial charge in [-0.1, -0.05) is 28.1 Å². The number of halogens is 1. The van der Waals surface area contributed by atoms with Crippen LogP contribution >= 0.6 is 28.1 Å². The summed E-state index contributed by atoms with van der Waals surface area (Å²) >= 11 is 8.51. The van der Waals surface area contributed by atoms with Crippen LogP contribution in [0, 0.1) is 0 Å².